The first-order valence-corrected chi connectivity index (χ1v) is 12.6. The highest BCUT2D eigenvalue weighted by Gasteiger charge is 2.36. The molecule has 0 aromatic heterocycles. The van der Waals surface area contributed by atoms with Crippen LogP contribution in [0.3, 0.4) is 0 Å². The van der Waals surface area contributed by atoms with Gasteiger partial charge in [-0.2, -0.15) is 4.31 Å². The van der Waals surface area contributed by atoms with E-state index in [4.69, 9.17) is 4.74 Å². The van der Waals surface area contributed by atoms with Gasteiger partial charge in [-0.15, -0.1) is 0 Å². The Hall–Kier alpha value is -3.34. The lowest BCUT2D eigenvalue weighted by atomic mass is 10.0. The van der Waals surface area contributed by atoms with E-state index in [1.165, 1.54) is 16.4 Å². The number of hydrogen-bond donors (Lipinski definition) is 1. The van der Waals surface area contributed by atoms with Crippen LogP contribution in [-0.4, -0.2) is 62.4 Å². The molecule has 35 heavy (non-hydrogen) atoms. The van der Waals surface area contributed by atoms with Gasteiger partial charge in [0.25, 0.3) is 0 Å². The topological polar surface area (TPSA) is 79.0 Å². The molecule has 1 saturated heterocycles. The monoisotopic (exact) mass is 499 g/mol. The molecule has 1 atom stereocenters. The summed E-state index contributed by atoms with van der Waals surface area (Å²) in [6.07, 6.45) is 0. The molecule has 3 aromatic rings. The normalized spacial score (nSPS) is 19.4. The third-order valence-electron chi connectivity index (χ3n) is 6.22. The average molecular weight is 500 g/mol. The van der Waals surface area contributed by atoms with Crippen molar-refractivity contribution in [3.63, 3.8) is 0 Å². The average Bonchev–Trinajstić information content (AvgIpc) is 2.90. The smallest absolute Gasteiger partial charge is 0.243 e. The van der Waals surface area contributed by atoms with E-state index < -0.39 is 21.7 Å². The van der Waals surface area contributed by atoms with Gasteiger partial charge >= 0.3 is 0 Å². The highest BCUT2D eigenvalue weighted by Crippen LogP contribution is 2.33. The van der Waals surface area contributed by atoms with Crippen LogP contribution in [0.5, 0.6) is 5.75 Å². The van der Waals surface area contributed by atoms with Gasteiger partial charge in [0.1, 0.15) is 24.0 Å². The van der Waals surface area contributed by atoms with Gasteiger partial charge in [0.2, 0.25) is 15.9 Å². The molecule has 0 saturated carbocycles. The van der Waals surface area contributed by atoms with Crippen molar-refractivity contribution in [1.82, 2.24) is 9.21 Å². The third kappa shape index (κ3) is 4.77. The van der Waals surface area contributed by atoms with Crippen LogP contribution in [0.2, 0.25) is 0 Å². The molecular formula is C25H23F2N3O4S. The van der Waals surface area contributed by atoms with Crippen LogP contribution in [0.25, 0.3) is 11.1 Å². The van der Waals surface area contributed by atoms with Crippen LogP contribution in [0, 0.1) is 11.6 Å². The Labute approximate surface area is 202 Å². The molecule has 2 aliphatic rings. The number of carbonyl (C=O) groups is 1. The first-order valence-electron chi connectivity index (χ1n) is 11.1. The molecule has 10 heteroatoms. The van der Waals surface area contributed by atoms with E-state index in [9.17, 15) is 22.0 Å². The predicted molar refractivity (Wildman–Crippen MR) is 126 cm³/mol. The summed E-state index contributed by atoms with van der Waals surface area (Å²) >= 11 is 0. The largest absolute Gasteiger partial charge is 0.490 e. The second kappa shape index (κ2) is 9.37. The summed E-state index contributed by atoms with van der Waals surface area (Å²) < 4.78 is 61.2. The number of amides is 1. The van der Waals surface area contributed by atoms with Crippen molar-refractivity contribution in [1.29, 1.82) is 0 Å². The molecule has 182 valence electrons. The van der Waals surface area contributed by atoms with E-state index in [0.29, 0.717) is 23.5 Å². The minimum Gasteiger partial charge on any atom is -0.490 e. The number of benzene rings is 3. The number of halogens is 2. The molecular weight excluding hydrogens is 476 g/mol. The van der Waals surface area contributed by atoms with Crippen LogP contribution < -0.4 is 10.1 Å². The molecule has 3 aromatic carbocycles. The van der Waals surface area contributed by atoms with Gasteiger partial charge in [-0.1, -0.05) is 24.3 Å². The summed E-state index contributed by atoms with van der Waals surface area (Å²) in [5, 5.41) is 2.81. The number of anilines is 1. The lowest BCUT2D eigenvalue weighted by Gasteiger charge is -2.39. The number of sulfonamides is 1. The fraction of sp³-hybridized carbons (Fsp3) is 0.240. The van der Waals surface area contributed by atoms with E-state index in [1.807, 2.05) is 4.90 Å². The Morgan fingerprint density at radius 3 is 2.54 bits per heavy atom. The van der Waals surface area contributed by atoms with Crippen molar-refractivity contribution in [2.45, 2.75) is 10.9 Å². The van der Waals surface area contributed by atoms with Crippen molar-refractivity contribution >= 4 is 21.6 Å². The summed E-state index contributed by atoms with van der Waals surface area (Å²) in [4.78, 5) is 14.9. The first-order chi connectivity index (χ1) is 16.8. The molecule has 0 unspecified atom stereocenters. The number of piperazine rings is 1. The minimum absolute atomic E-state index is 0.0574. The molecule has 0 bridgehead atoms. The summed E-state index contributed by atoms with van der Waals surface area (Å²) in [6, 6.07) is 16.0. The van der Waals surface area contributed by atoms with Crippen molar-refractivity contribution in [3.8, 4) is 16.9 Å². The Balaban J connectivity index is 1.39. The molecule has 2 aliphatic heterocycles. The lowest BCUT2D eigenvalue weighted by molar-refractivity contribution is -0.118. The molecule has 5 rings (SSSR count). The van der Waals surface area contributed by atoms with Gasteiger partial charge < -0.3 is 10.1 Å². The highest BCUT2D eigenvalue weighted by atomic mass is 32.2. The SMILES string of the molecule is O=C1CN2CCN(S(=O)(=O)c3ccccc3)C[C@@H]2COc2ccc(-c3ccc(F)cc3F)cc2N1. The lowest BCUT2D eigenvalue weighted by Crippen LogP contribution is -2.57. The van der Waals surface area contributed by atoms with E-state index in [0.717, 1.165) is 6.07 Å². The van der Waals surface area contributed by atoms with Gasteiger partial charge in [0, 0.05) is 31.3 Å². The maximum Gasteiger partial charge on any atom is 0.243 e. The summed E-state index contributed by atoms with van der Waals surface area (Å²) in [6.45, 7) is 1.02. The van der Waals surface area contributed by atoms with Crippen LogP contribution >= 0.6 is 0 Å². The number of nitrogens with one attached hydrogen (secondary N) is 1. The van der Waals surface area contributed by atoms with Crippen LogP contribution in [0.15, 0.2) is 71.6 Å². The molecule has 0 radical (unpaired) electrons. The Morgan fingerprint density at radius 2 is 1.77 bits per heavy atom. The molecule has 0 aliphatic carbocycles. The number of nitrogens with zero attached hydrogens (tertiary/aromatic N) is 2. The fourth-order valence-corrected chi connectivity index (χ4v) is 5.88. The maximum atomic E-state index is 14.3. The van der Waals surface area contributed by atoms with E-state index >= 15 is 0 Å². The van der Waals surface area contributed by atoms with Gasteiger partial charge in [0.15, 0.2) is 0 Å². The minimum atomic E-state index is -3.67. The Kier molecular flexibility index (Phi) is 6.26. The Morgan fingerprint density at radius 1 is 0.971 bits per heavy atom. The molecule has 1 amide bonds. The van der Waals surface area contributed by atoms with Gasteiger partial charge in [-0.05, 0) is 42.0 Å². The summed E-state index contributed by atoms with van der Waals surface area (Å²) in [5.74, 6) is -1.30. The van der Waals surface area contributed by atoms with Gasteiger partial charge in [-0.3, -0.25) is 9.69 Å². The molecule has 7 nitrogen and oxygen atoms in total. The molecule has 0 spiro atoms. The number of ether oxygens (including phenoxy) is 1. The molecule has 2 heterocycles. The van der Waals surface area contributed by atoms with Crippen LogP contribution in [0.4, 0.5) is 14.5 Å². The van der Waals surface area contributed by atoms with E-state index in [1.54, 1.807) is 48.5 Å². The quantitative estimate of drug-likeness (QED) is 0.598. The Bertz CT molecular complexity index is 1370. The molecule has 1 fully saturated rings. The van der Waals surface area contributed by atoms with Gasteiger partial charge in [0.05, 0.1) is 23.2 Å². The second-order valence-corrected chi connectivity index (χ2v) is 10.4. The van der Waals surface area contributed by atoms with E-state index in [2.05, 4.69) is 5.32 Å². The third-order valence-corrected chi connectivity index (χ3v) is 8.10. The number of rotatable bonds is 3. The second-order valence-electron chi connectivity index (χ2n) is 8.49. The fourth-order valence-electron chi connectivity index (χ4n) is 4.40. The van der Waals surface area contributed by atoms with Gasteiger partial charge in [-0.25, -0.2) is 17.2 Å². The van der Waals surface area contributed by atoms with Crippen molar-refractivity contribution in [2.24, 2.45) is 0 Å². The zero-order valence-electron chi connectivity index (χ0n) is 18.7. The first kappa shape index (κ1) is 23.4. The zero-order chi connectivity index (χ0) is 24.6. The predicted octanol–water partition coefficient (Wildman–Crippen LogP) is 3.34. The van der Waals surface area contributed by atoms with E-state index in [-0.39, 0.29) is 48.6 Å². The van der Waals surface area contributed by atoms with Crippen molar-refractivity contribution in [2.75, 3.05) is 38.1 Å². The summed E-state index contributed by atoms with van der Waals surface area (Å²) in [7, 11) is -3.67. The number of hydrogen-bond acceptors (Lipinski definition) is 5. The molecule has 1 N–H and O–H groups in total. The highest BCUT2D eigenvalue weighted by molar-refractivity contribution is 7.89. The van der Waals surface area contributed by atoms with Crippen molar-refractivity contribution < 1.29 is 26.7 Å². The van der Waals surface area contributed by atoms with Crippen LogP contribution in [-0.2, 0) is 14.8 Å². The number of carbonyl (C=O) groups excluding carboxylic acids is 1. The van der Waals surface area contributed by atoms with Crippen molar-refractivity contribution in [3.05, 3.63) is 78.4 Å². The zero-order valence-corrected chi connectivity index (χ0v) is 19.5. The maximum absolute atomic E-state index is 14.3. The van der Waals surface area contributed by atoms with Crippen LogP contribution in [0.1, 0.15) is 0 Å². The summed E-state index contributed by atoms with van der Waals surface area (Å²) in [5.41, 5.74) is 1.02. The standard InChI is InChI=1S/C25H23F2N3O4S/c26-18-7-8-21(22(27)13-18)17-6-9-24-23(12-17)28-25(31)15-29-10-11-30(14-19(29)16-34-24)35(32,33)20-4-2-1-3-5-20/h1-9,12-13,19H,10-11,14-16H2,(H,28,31)/t19-/m1/s1. The number of fused-ring (bicyclic) bond motifs is 2.